The van der Waals surface area contributed by atoms with Crippen LogP contribution in [0.25, 0.3) is 11.1 Å². The fourth-order valence-electron chi connectivity index (χ4n) is 3.26. The van der Waals surface area contributed by atoms with Gasteiger partial charge in [0.2, 0.25) is 0 Å². The Morgan fingerprint density at radius 2 is 1.32 bits per heavy atom. The number of benzene rings is 2. The van der Waals surface area contributed by atoms with Gasteiger partial charge < -0.3 is 25.5 Å². The predicted octanol–water partition coefficient (Wildman–Crippen LogP) is -0.0688. The van der Waals surface area contributed by atoms with E-state index in [9.17, 15) is 25.5 Å². The highest BCUT2D eigenvalue weighted by Gasteiger charge is 2.46. The Kier molecular flexibility index (Phi) is 5.48. The van der Waals surface area contributed by atoms with Crippen LogP contribution in [-0.2, 0) is 6.54 Å². The van der Waals surface area contributed by atoms with E-state index in [0.29, 0.717) is 0 Å². The van der Waals surface area contributed by atoms with Gasteiger partial charge in [-0.1, -0.05) is 54.6 Å². The highest BCUT2D eigenvalue weighted by atomic mass is 16.4. The molecule has 1 aliphatic rings. The molecule has 25 heavy (non-hydrogen) atoms. The van der Waals surface area contributed by atoms with E-state index < -0.39 is 37.2 Å². The van der Waals surface area contributed by atoms with Crippen LogP contribution in [0.15, 0.2) is 54.6 Å². The summed E-state index contributed by atoms with van der Waals surface area (Å²) in [7, 11) is 0. The Morgan fingerprint density at radius 3 is 1.92 bits per heavy atom. The fourth-order valence-corrected chi connectivity index (χ4v) is 3.26. The molecule has 1 aliphatic heterocycles. The van der Waals surface area contributed by atoms with E-state index in [1.54, 1.807) is 0 Å². The minimum absolute atomic E-state index is 0.225. The average molecular weight is 345 g/mol. The van der Waals surface area contributed by atoms with E-state index in [2.05, 4.69) is 0 Å². The highest BCUT2D eigenvalue weighted by Crippen LogP contribution is 2.26. The van der Waals surface area contributed by atoms with Crippen LogP contribution >= 0.6 is 0 Å². The molecule has 2 aromatic carbocycles. The third kappa shape index (κ3) is 3.59. The van der Waals surface area contributed by atoms with Gasteiger partial charge in [-0.2, -0.15) is 0 Å². The Hall–Kier alpha value is -1.80. The van der Waals surface area contributed by atoms with Crippen LogP contribution in [0, 0.1) is 0 Å². The Bertz CT molecular complexity index is 678. The summed E-state index contributed by atoms with van der Waals surface area (Å²) in [4.78, 5) is 1.40. The summed E-state index contributed by atoms with van der Waals surface area (Å²) in [6, 6.07) is 16.8. The number of rotatable bonds is 4. The Labute approximate surface area is 146 Å². The zero-order valence-electron chi connectivity index (χ0n) is 13.7. The number of piperidine rings is 1. The van der Waals surface area contributed by atoms with Gasteiger partial charge in [0, 0.05) is 6.54 Å². The first-order valence-corrected chi connectivity index (χ1v) is 8.26. The molecule has 1 fully saturated rings. The largest absolute Gasteiger partial charge is 0.395 e. The van der Waals surface area contributed by atoms with Crippen LogP contribution in [0.3, 0.4) is 0 Å². The van der Waals surface area contributed by atoms with Crippen LogP contribution in [0.5, 0.6) is 0 Å². The Balaban J connectivity index is 1.78. The van der Waals surface area contributed by atoms with E-state index in [1.807, 2.05) is 54.6 Å². The second-order valence-electron chi connectivity index (χ2n) is 6.37. The quantitative estimate of drug-likeness (QED) is 0.531. The van der Waals surface area contributed by atoms with Gasteiger partial charge in [0.25, 0.3) is 0 Å². The first-order chi connectivity index (χ1) is 12.0. The summed E-state index contributed by atoms with van der Waals surface area (Å²) in [5, 5.41) is 49.4. The van der Waals surface area contributed by atoms with Gasteiger partial charge in [-0.05, 0) is 16.7 Å². The molecule has 0 bridgehead atoms. The lowest BCUT2D eigenvalue weighted by Gasteiger charge is -2.46. The molecular weight excluding hydrogens is 322 g/mol. The van der Waals surface area contributed by atoms with Crippen molar-refractivity contribution in [3.63, 3.8) is 0 Å². The van der Waals surface area contributed by atoms with Crippen molar-refractivity contribution in [2.24, 2.45) is 0 Å². The number of nitrogens with zero attached hydrogens (tertiary/aromatic N) is 1. The number of hydrogen-bond acceptors (Lipinski definition) is 6. The number of aliphatic hydroxyl groups is 5. The van der Waals surface area contributed by atoms with Gasteiger partial charge in [0.05, 0.1) is 12.6 Å². The van der Waals surface area contributed by atoms with E-state index in [-0.39, 0.29) is 6.54 Å². The third-order valence-electron chi connectivity index (χ3n) is 4.78. The number of aliphatic hydroxyl groups excluding tert-OH is 5. The van der Waals surface area contributed by atoms with Crippen LogP contribution < -0.4 is 0 Å². The molecule has 0 aliphatic carbocycles. The lowest BCUT2D eigenvalue weighted by Crippen LogP contribution is -2.66. The van der Waals surface area contributed by atoms with Crippen molar-refractivity contribution in [1.82, 2.24) is 4.90 Å². The molecule has 0 radical (unpaired) electrons. The fraction of sp³-hybridized carbons (Fsp3) is 0.368. The number of likely N-dealkylation sites (tertiary alicyclic amines) is 1. The highest BCUT2D eigenvalue weighted by molar-refractivity contribution is 5.63. The van der Waals surface area contributed by atoms with Gasteiger partial charge in [0.1, 0.15) is 24.5 Å². The summed E-state index contributed by atoms with van der Waals surface area (Å²) >= 11 is 0. The number of hydrogen-bond donors (Lipinski definition) is 5. The van der Waals surface area contributed by atoms with E-state index >= 15 is 0 Å². The molecule has 5 atom stereocenters. The average Bonchev–Trinajstić information content (AvgIpc) is 2.66. The molecule has 6 nitrogen and oxygen atoms in total. The molecule has 0 saturated carbocycles. The van der Waals surface area contributed by atoms with Gasteiger partial charge in [-0.15, -0.1) is 0 Å². The van der Waals surface area contributed by atoms with Crippen LogP contribution in [-0.4, -0.2) is 67.6 Å². The van der Waals surface area contributed by atoms with Crippen molar-refractivity contribution in [3.05, 3.63) is 60.2 Å². The maximum Gasteiger partial charge on any atom is 0.136 e. The molecular formula is C19H23NO5. The zero-order chi connectivity index (χ0) is 18.0. The summed E-state index contributed by atoms with van der Waals surface area (Å²) in [6.07, 6.45) is -5.71. The second kappa shape index (κ2) is 7.61. The van der Waals surface area contributed by atoms with E-state index in [1.165, 1.54) is 4.90 Å². The Morgan fingerprint density at radius 1 is 0.720 bits per heavy atom. The topological polar surface area (TPSA) is 104 Å². The summed E-state index contributed by atoms with van der Waals surface area (Å²) in [5.74, 6) is 0. The van der Waals surface area contributed by atoms with Gasteiger partial charge in [-0.25, -0.2) is 0 Å². The molecule has 0 aromatic heterocycles. The van der Waals surface area contributed by atoms with Crippen LogP contribution in [0.4, 0.5) is 0 Å². The minimum atomic E-state index is -1.50. The van der Waals surface area contributed by atoms with E-state index in [4.69, 9.17) is 0 Å². The maximum absolute atomic E-state index is 10.2. The molecule has 6 heteroatoms. The summed E-state index contributed by atoms with van der Waals surface area (Å²) in [5.41, 5.74) is 3.00. The molecule has 5 N–H and O–H groups in total. The first kappa shape index (κ1) is 18.0. The third-order valence-corrected chi connectivity index (χ3v) is 4.78. The molecule has 1 saturated heterocycles. The SMILES string of the molecule is OC[C@@H]1[C@H](O)[C@H](O)[C@@H](O)C(O)N1Cc1ccc(-c2ccccc2)cc1. The van der Waals surface area contributed by atoms with E-state index in [0.717, 1.165) is 16.7 Å². The lowest BCUT2D eigenvalue weighted by molar-refractivity contribution is -0.225. The second-order valence-corrected chi connectivity index (χ2v) is 6.37. The van der Waals surface area contributed by atoms with Crippen molar-refractivity contribution in [3.8, 4) is 11.1 Å². The standard InChI is InChI=1S/C19H23NO5/c21-11-15-16(22)17(23)18(24)19(25)20(15)10-12-6-8-14(9-7-12)13-4-2-1-3-5-13/h1-9,15-19,21-25H,10-11H2/t15-,16+,17+,18-,19?/m1/s1. The monoisotopic (exact) mass is 345 g/mol. The van der Waals surface area contributed by atoms with Crippen molar-refractivity contribution in [1.29, 1.82) is 0 Å². The molecule has 134 valence electrons. The molecule has 2 aromatic rings. The van der Waals surface area contributed by atoms with Crippen LogP contribution in [0.2, 0.25) is 0 Å². The van der Waals surface area contributed by atoms with Crippen molar-refractivity contribution in [2.45, 2.75) is 37.1 Å². The predicted molar refractivity (Wildman–Crippen MR) is 92.3 cm³/mol. The normalized spacial score (nSPS) is 30.4. The van der Waals surface area contributed by atoms with Gasteiger partial charge in [-0.3, -0.25) is 4.90 Å². The lowest BCUT2D eigenvalue weighted by atomic mass is 9.92. The minimum Gasteiger partial charge on any atom is -0.395 e. The van der Waals surface area contributed by atoms with Crippen molar-refractivity contribution in [2.75, 3.05) is 6.61 Å². The van der Waals surface area contributed by atoms with Crippen LogP contribution in [0.1, 0.15) is 5.56 Å². The van der Waals surface area contributed by atoms with Gasteiger partial charge in [0.15, 0.2) is 0 Å². The first-order valence-electron chi connectivity index (χ1n) is 8.26. The van der Waals surface area contributed by atoms with Crippen molar-refractivity contribution < 1.29 is 25.5 Å². The van der Waals surface area contributed by atoms with Crippen molar-refractivity contribution >= 4 is 0 Å². The smallest absolute Gasteiger partial charge is 0.136 e. The summed E-state index contributed by atoms with van der Waals surface area (Å²) in [6.45, 7) is -0.216. The maximum atomic E-state index is 10.2. The molecule has 0 amide bonds. The summed E-state index contributed by atoms with van der Waals surface area (Å²) < 4.78 is 0. The molecule has 1 unspecified atom stereocenters. The zero-order valence-corrected chi connectivity index (χ0v) is 13.7. The molecule has 0 spiro atoms. The molecule has 3 rings (SSSR count). The van der Waals surface area contributed by atoms with Gasteiger partial charge >= 0.3 is 0 Å². The molecule has 1 heterocycles.